The van der Waals surface area contributed by atoms with E-state index in [-0.39, 0.29) is 6.04 Å². The fraction of sp³-hybridized carbons (Fsp3) is 1.00. The van der Waals surface area contributed by atoms with Gasteiger partial charge < -0.3 is 5.32 Å². The molecule has 0 aromatic rings. The Hall–Kier alpha value is -0.170. The molecule has 0 amide bonds. The third-order valence-corrected chi connectivity index (χ3v) is 4.89. The van der Waals surface area contributed by atoms with Gasteiger partial charge in [-0.1, -0.05) is 20.3 Å². The Morgan fingerprint density at radius 2 is 1.89 bits per heavy atom. The largest absolute Gasteiger partial charge is 0.315 e. The van der Waals surface area contributed by atoms with Gasteiger partial charge in [0, 0.05) is 25.7 Å². The van der Waals surface area contributed by atoms with E-state index in [0.29, 0.717) is 13.1 Å². The fourth-order valence-electron chi connectivity index (χ4n) is 2.25. The first-order chi connectivity index (χ1) is 8.61. The van der Waals surface area contributed by atoms with Gasteiger partial charge in [-0.05, 0) is 32.2 Å². The van der Waals surface area contributed by atoms with Gasteiger partial charge >= 0.3 is 0 Å². The highest BCUT2D eigenvalue weighted by Crippen LogP contribution is 2.19. The number of piperidine rings is 1. The van der Waals surface area contributed by atoms with Crippen LogP contribution in [-0.4, -0.2) is 44.9 Å². The van der Waals surface area contributed by atoms with E-state index in [1.807, 2.05) is 6.92 Å². The lowest BCUT2D eigenvalue weighted by atomic mass is 10.1. The van der Waals surface area contributed by atoms with E-state index in [2.05, 4.69) is 17.0 Å². The minimum absolute atomic E-state index is 0.111. The number of nitrogens with one attached hydrogen (secondary N) is 2. The van der Waals surface area contributed by atoms with Crippen molar-refractivity contribution in [3.8, 4) is 0 Å². The summed E-state index contributed by atoms with van der Waals surface area (Å²) in [5.41, 5.74) is 0. The van der Waals surface area contributed by atoms with Gasteiger partial charge in [0.2, 0.25) is 0 Å². The normalized spacial score (nSPS) is 22.2. The molecular weight excluding hydrogens is 250 g/mol. The third-order valence-electron chi connectivity index (χ3n) is 3.22. The van der Waals surface area contributed by atoms with Gasteiger partial charge in [0.15, 0.2) is 0 Å². The second-order valence-corrected chi connectivity index (χ2v) is 6.57. The molecule has 0 aliphatic carbocycles. The summed E-state index contributed by atoms with van der Waals surface area (Å²) in [5.74, 6) is 0. The van der Waals surface area contributed by atoms with Crippen molar-refractivity contribution in [2.45, 2.75) is 52.0 Å². The maximum Gasteiger partial charge on any atom is 0.279 e. The highest BCUT2D eigenvalue weighted by molar-refractivity contribution is 7.87. The first kappa shape index (κ1) is 15.9. The molecule has 0 saturated carbocycles. The molecule has 0 radical (unpaired) electrons. The molecule has 18 heavy (non-hydrogen) atoms. The van der Waals surface area contributed by atoms with Gasteiger partial charge in [0.05, 0.1) is 0 Å². The molecule has 1 rings (SSSR count). The summed E-state index contributed by atoms with van der Waals surface area (Å²) in [6, 6.07) is 0.111. The monoisotopic (exact) mass is 277 g/mol. The summed E-state index contributed by atoms with van der Waals surface area (Å²) in [7, 11) is -3.29. The summed E-state index contributed by atoms with van der Waals surface area (Å²) in [6.45, 7) is 6.98. The fourth-order valence-corrected chi connectivity index (χ4v) is 3.82. The first-order valence-electron chi connectivity index (χ1n) is 7.09. The van der Waals surface area contributed by atoms with Gasteiger partial charge in [-0.25, -0.2) is 4.72 Å². The van der Waals surface area contributed by atoms with Crippen LogP contribution < -0.4 is 10.0 Å². The van der Waals surface area contributed by atoms with E-state index in [0.717, 1.165) is 45.2 Å². The first-order valence-corrected chi connectivity index (χ1v) is 8.53. The lowest BCUT2D eigenvalue weighted by Gasteiger charge is -2.34. The summed E-state index contributed by atoms with van der Waals surface area (Å²) in [6.07, 6.45) is 4.96. The summed E-state index contributed by atoms with van der Waals surface area (Å²) in [5, 5.41) is 3.33. The molecule has 1 unspecified atom stereocenters. The lowest BCUT2D eigenvalue weighted by Crippen LogP contribution is -2.52. The Bertz CT molecular complexity index is 319. The van der Waals surface area contributed by atoms with Crippen LogP contribution in [0.4, 0.5) is 0 Å². The molecule has 1 aliphatic heterocycles. The zero-order valence-electron chi connectivity index (χ0n) is 11.6. The Morgan fingerprint density at radius 1 is 1.17 bits per heavy atom. The van der Waals surface area contributed by atoms with Crippen molar-refractivity contribution in [2.24, 2.45) is 0 Å². The van der Waals surface area contributed by atoms with E-state index in [1.54, 1.807) is 4.31 Å². The Kier molecular flexibility index (Phi) is 7.14. The second-order valence-electron chi connectivity index (χ2n) is 4.86. The van der Waals surface area contributed by atoms with Crippen LogP contribution in [0.15, 0.2) is 0 Å². The molecule has 2 N–H and O–H groups in total. The molecule has 0 aromatic carbocycles. The predicted octanol–water partition coefficient (Wildman–Crippen LogP) is 1.08. The van der Waals surface area contributed by atoms with E-state index < -0.39 is 10.2 Å². The Balaban J connectivity index is 2.57. The minimum atomic E-state index is -3.29. The smallest absolute Gasteiger partial charge is 0.279 e. The SMILES string of the molecule is CCCNCC1CCCCN1S(=O)(=O)NCCC. The summed E-state index contributed by atoms with van der Waals surface area (Å²) in [4.78, 5) is 0. The van der Waals surface area contributed by atoms with E-state index in [1.165, 1.54) is 0 Å². The molecule has 0 spiro atoms. The Labute approximate surface area is 112 Å². The van der Waals surface area contributed by atoms with E-state index >= 15 is 0 Å². The van der Waals surface area contributed by atoms with Gasteiger partial charge in [0.1, 0.15) is 0 Å². The van der Waals surface area contributed by atoms with Crippen LogP contribution in [0.1, 0.15) is 46.0 Å². The molecule has 108 valence electrons. The Morgan fingerprint density at radius 3 is 2.56 bits per heavy atom. The zero-order valence-corrected chi connectivity index (χ0v) is 12.4. The van der Waals surface area contributed by atoms with Crippen LogP contribution in [0, 0.1) is 0 Å². The molecule has 6 heteroatoms. The van der Waals surface area contributed by atoms with Crippen molar-refractivity contribution in [1.29, 1.82) is 0 Å². The average molecular weight is 277 g/mol. The number of nitrogens with zero attached hydrogens (tertiary/aromatic N) is 1. The topological polar surface area (TPSA) is 61.4 Å². The summed E-state index contributed by atoms with van der Waals surface area (Å²) >= 11 is 0. The van der Waals surface area contributed by atoms with Gasteiger partial charge in [-0.3, -0.25) is 0 Å². The van der Waals surface area contributed by atoms with E-state index in [4.69, 9.17) is 0 Å². The van der Waals surface area contributed by atoms with Gasteiger partial charge in [-0.2, -0.15) is 12.7 Å². The molecule has 0 aromatic heterocycles. The van der Waals surface area contributed by atoms with Crippen molar-refractivity contribution in [2.75, 3.05) is 26.2 Å². The van der Waals surface area contributed by atoms with Crippen molar-refractivity contribution < 1.29 is 8.42 Å². The van der Waals surface area contributed by atoms with E-state index in [9.17, 15) is 8.42 Å². The number of hydrogen-bond acceptors (Lipinski definition) is 3. The second kappa shape index (κ2) is 8.09. The van der Waals surface area contributed by atoms with Crippen LogP contribution in [0.25, 0.3) is 0 Å². The molecule has 1 saturated heterocycles. The van der Waals surface area contributed by atoms with Crippen molar-refractivity contribution in [3.63, 3.8) is 0 Å². The molecule has 1 aliphatic rings. The van der Waals surface area contributed by atoms with Crippen LogP contribution in [0.2, 0.25) is 0 Å². The molecule has 0 bridgehead atoms. The van der Waals surface area contributed by atoms with Crippen LogP contribution in [0.3, 0.4) is 0 Å². The van der Waals surface area contributed by atoms with Crippen LogP contribution in [0.5, 0.6) is 0 Å². The minimum Gasteiger partial charge on any atom is -0.315 e. The van der Waals surface area contributed by atoms with Crippen LogP contribution >= 0.6 is 0 Å². The van der Waals surface area contributed by atoms with Crippen LogP contribution in [-0.2, 0) is 10.2 Å². The lowest BCUT2D eigenvalue weighted by molar-refractivity contribution is 0.243. The molecular formula is C12H27N3O2S. The quantitative estimate of drug-likeness (QED) is 0.653. The predicted molar refractivity (Wildman–Crippen MR) is 74.7 cm³/mol. The number of rotatable bonds is 8. The zero-order chi connectivity index (χ0) is 13.4. The molecule has 5 nitrogen and oxygen atoms in total. The van der Waals surface area contributed by atoms with Gasteiger partial charge in [-0.15, -0.1) is 0 Å². The molecule has 1 atom stereocenters. The highest BCUT2D eigenvalue weighted by Gasteiger charge is 2.31. The third kappa shape index (κ3) is 4.84. The average Bonchev–Trinajstić information content (AvgIpc) is 2.37. The highest BCUT2D eigenvalue weighted by atomic mass is 32.2. The number of hydrogen-bond donors (Lipinski definition) is 2. The molecule has 1 fully saturated rings. The maximum atomic E-state index is 12.2. The standard InChI is InChI=1S/C12H27N3O2S/c1-3-8-13-11-12-7-5-6-10-15(12)18(16,17)14-9-4-2/h12-14H,3-11H2,1-2H3. The van der Waals surface area contributed by atoms with Crippen molar-refractivity contribution in [1.82, 2.24) is 14.3 Å². The van der Waals surface area contributed by atoms with Crippen molar-refractivity contribution >= 4 is 10.2 Å². The van der Waals surface area contributed by atoms with Gasteiger partial charge in [0.25, 0.3) is 10.2 Å². The maximum absolute atomic E-state index is 12.2. The summed E-state index contributed by atoms with van der Waals surface area (Å²) < 4.78 is 28.7. The molecule has 1 heterocycles. The van der Waals surface area contributed by atoms with Crippen molar-refractivity contribution in [3.05, 3.63) is 0 Å².